The van der Waals surface area contributed by atoms with Crippen LogP contribution in [0.4, 0.5) is 0 Å². The van der Waals surface area contributed by atoms with Crippen LogP contribution in [0.2, 0.25) is 0 Å². The Morgan fingerprint density at radius 2 is 2.28 bits per heavy atom. The maximum atomic E-state index is 11.0. The predicted octanol–water partition coefficient (Wildman–Crippen LogP) is 1.33. The van der Waals surface area contributed by atoms with E-state index in [4.69, 9.17) is 0 Å². The van der Waals surface area contributed by atoms with Crippen molar-refractivity contribution in [3.63, 3.8) is 0 Å². The average Bonchev–Trinajstić information content (AvgIpc) is 2.93. The highest BCUT2D eigenvalue weighted by Crippen LogP contribution is 2.24. The molecule has 2 aromatic heterocycles. The van der Waals surface area contributed by atoms with Crippen molar-refractivity contribution in [3.8, 4) is 11.4 Å². The third-order valence-corrected chi connectivity index (χ3v) is 2.86. The van der Waals surface area contributed by atoms with Crippen molar-refractivity contribution in [2.75, 3.05) is 0 Å². The number of nitrogens with one attached hydrogen (secondary N) is 1. The van der Waals surface area contributed by atoms with Crippen LogP contribution >= 0.6 is 0 Å². The number of aryl methyl sites for hydroxylation is 1. The van der Waals surface area contributed by atoms with Crippen LogP contribution in [-0.4, -0.2) is 21.0 Å². The summed E-state index contributed by atoms with van der Waals surface area (Å²) in [5.74, 6) is -0.253. The number of benzene rings is 1. The Balaban J connectivity index is 2.27. The van der Waals surface area contributed by atoms with E-state index in [0.29, 0.717) is 17.0 Å². The quantitative estimate of drug-likeness (QED) is 0.688. The van der Waals surface area contributed by atoms with E-state index in [2.05, 4.69) is 14.7 Å². The Bertz CT molecular complexity index is 794. The van der Waals surface area contributed by atoms with Gasteiger partial charge in [0, 0.05) is 35.3 Å². The number of hydrogen-bond donors (Lipinski definition) is 1. The van der Waals surface area contributed by atoms with Gasteiger partial charge in [-0.25, -0.2) is 4.79 Å². The van der Waals surface area contributed by atoms with Gasteiger partial charge in [-0.1, -0.05) is 5.16 Å². The van der Waals surface area contributed by atoms with Crippen LogP contribution in [0, 0.1) is 0 Å². The SMILES string of the molecule is Cn1cc(C=O)c2cc(-c3noc(=O)[nH]3)ccc21. The van der Waals surface area contributed by atoms with Crippen LogP contribution in [0.5, 0.6) is 0 Å². The molecule has 0 saturated heterocycles. The molecule has 0 fully saturated rings. The zero-order valence-corrected chi connectivity index (χ0v) is 9.51. The summed E-state index contributed by atoms with van der Waals surface area (Å²) in [6.07, 6.45) is 2.56. The molecule has 0 bridgehead atoms. The zero-order valence-electron chi connectivity index (χ0n) is 9.51. The third kappa shape index (κ3) is 1.46. The molecule has 3 aromatic rings. The van der Waals surface area contributed by atoms with Crippen LogP contribution in [0.1, 0.15) is 10.4 Å². The van der Waals surface area contributed by atoms with Crippen molar-refractivity contribution in [2.45, 2.75) is 0 Å². The molecule has 1 N–H and O–H groups in total. The van der Waals surface area contributed by atoms with Crippen LogP contribution < -0.4 is 5.76 Å². The molecule has 90 valence electrons. The van der Waals surface area contributed by atoms with Gasteiger partial charge < -0.3 is 4.57 Å². The highest BCUT2D eigenvalue weighted by molar-refractivity contribution is 5.99. The topological polar surface area (TPSA) is 80.9 Å². The summed E-state index contributed by atoms with van der Waals surface area (Å²) in [4.78, 5) is 24.4. The lowest BCUT2D eigenvalue weighted by Crippen LogP contribution is -1.94. The van der Waals surface area contributed by atoms with Crippen molar-refractivity contribution >= 4 is 17.2 Å². The number of H-pyrrole nitrogens is 1. The zero-order chi connectivity index (χ0) is 12.7. The smallest absolute Gasteiger partial charge is 0.350 e. The van der Waals surface area contributed by atoms with E-state index in [-0.39, 0.29) is 0 Å². The van der Waals surface area contributed by atoms with Crippen LogP contribution in [0.3, 0.4) is 0 Å². The first kappa shape index (κ1) is 10.5. The molecule has 0 atom stereocenters. The molecule has 0 saturated carbocycles. The van der Waals surface area contributed by atoms with Gasteiger partial charge >= 0.3 is 5.76 Å². The lowest BCUT2D eigenvalue weighted by Gasteiger charge is -1.98. The first-order chi connectivity index (χ1) is 8.69. The van der Waals surface area contributed by atoms with Crippen molar-refractivity contribution in [2.24, 2.45) is 7.05 Å². The van der Waals surface area contributed by atoms with Gasteiger partial charge in [-0.2, -0.15) is 0 Å². The first-order valence-electron chi connectivity index (χ1n) is 5.29. The van der Waals surface area contributed by atoms with Crippen molar-refractivity contribution in [1.82, 2.24) is 14.7 Å². The van der Waals surface area contributed by atoms with Crippen molar-refractivity contribution in [3.05, 3.63) is 40.5 Å². The van der Waals surface area contributed by atoms with Gasteiger partial charge in [0.1, 0.15) is 0 Å². The van der Waals surface area contributed by atoms with Gasteiger partial charge in [-0.05, 0) is 18.2 Å². The summed E-state index contributed by atoms with van der Waals surface area (Å²) in [6.45, 7) is 0. The molecular formula is C12H9N3O3. The lowest BCUT2D eigenvalue weighted by atomic mass is 10.1. The van der Waals surface area contributed by atoms with E-state index < -0.39 is 5.76 Å². The van der Waals surface area contributed by atoms with Gasteiger partial charge in [-0.3, -0.25) is 14.3 Å². The maximum Gasteiger partial charge on any atom is 0.439 e. The molecule has 3 rings (SSSR count). The second-order valence-electron chi connectivity index (χ2n) is 3.99. The van der Waals surface area contributed by atoms with Crippen LogP contribution in [0.25, 0.3) is 22.3 Å². The maximum absolute atomic E-state index is 11.0. The minimum atomic E-state index is -0.603. The fourth-order valence-electron chi connectivity index (χ4n) is 2.02. The number of aromatic amines is 1. The molecular weight excluding hydrogens is 234 g/mol. The van der Waals surface area contributed by atoms with Gasteiger partial charge in [-0.15, -0.1) is 0 Å². The summed E-state index contributed by atoms with van der Waals surface area (Å²) < 4.78 is 6.33. The Kier molecular flexibility index (Phi) is 2.16. The normalized spacial score (nSPS) is 10.9. The van der Waals surface area contributed by atoms with Gasteiger partial charge in [0.15, 0.2) is 12.1 Å². The molecule has 0 unspecified atom stereocenters. The molecule has 6 nitrogen and oxygen atoms in total. The third-order valence-electron chi connectivity index (χ3n) is 2.86. The fourth-order valence-corrected chi connectivity index (χ4v) is 2.02. The summed E-state index contributed by atoms with van der Waals surface area (Å²) >= 11 is 0. The number of fused-ring (bicyclic) bond motifs is 1. The minimum absolute atomic E-state index is 0.350. The highest BCUT2D eigenvalue weighted by atomic mass is 16.5. The number of nitrogens with zero attached hydrogens (tertiary/aromatic N) is 2. The molecule has 0 amide bonds. The Morgan fingerprint density at radius 3 is 2.94 bits per heavy atom. The molecule has 18 heavy (non-hydrogen) atoms. The van der Waals surface area contributed by atoms with E-state index in [1.165, 1.54) is 0 Å². The summed E-state index contributed by atoms with van der Waals surface area (Å²) in [6, 6.07) is 5.47. The summed E-state index contributed by atoms with van der Waals surface area (Å²) in [7, 11) is 1.87. The molecule has 0 aliphatic carbocycles. The molecule has 0 radical (unpaired) electrons. The second-order valence-corrected chi connectivity index (χ2v) is 3.99. The molecule has 0 spiro atoms. The monoisotopic (exact) mass is 243 g/mol. The van der Waals surface area contributed by atoms with E-state index in [9.17, 15) is 9.59 Å². The Morgan fingerprint density at radius 1 is 1.44 bits per heavy atom. The van der Waals surface area contributed by atoms with E-state index in [1.54, 1.807) is 12.3 Å². The summed E-state index contributed by atoms with van der Waals surface area (Å²) in [5, 5.41) is 4.43. The van der Waals surface area contributed by atoms with Gasteiger partial charge in [0.05, 0.1) is 0 Å². The van der Waals surface area contributed by atoms with Gasteiger partial charge in [0.2, 0.25) is 0 Å². The number of aldehydes is 1. The summed E-state index contributed by atoms with van der Waals surface area (Å²) in [5.41, 5.74) is 2.23. The largest absolute Gasteiger partial charge is 0.439 e. The number of aromatic nitrogens is 3. The fraction of sp³-hybridized carbons (Fsp3) is 0.0833. The van der Waals surface area contributed by atoms with Crippen LogP contribution in [-0.2, 0) is 7.05 Å². The van der Waals surface area contributed by atoms with Crippen molar-refractivity contribution < 1.29 is 9.32 Å². The predicted molar refractivity (Wildman–Crippen MR) is 64.4 cm³/mol. The van der Waals surface area contributed by atoms with E-state index >= 15 is 0 Å². The van der Waals surface area contributed by atoms with Crippen molar-refractivity contribution in [1.29, 1.82) is 0 Å². The van der Waals surface area contributed by atoms with E-state index in [0.717, 1.165) is 17.2 Å². The highest BCUT2D eigenvalue weighted by Gasteiger charge is 2.09. The molecule has 2 heterocycles. The number of rotatable bonds is 2. The number of carbonyl (C=O) groups excluding carboxylic acids is 1. The molecule has 0 aliphatic rings. The second kappa shape index (κ2) is 3.69. The molecule has 0 aliphatic heterocycles. The molecule has 6 heteroatoms. The van der Waals surface area contributed by atoms with Crippen LogP contribution in [0.15, 0.2) is 33.7 Å². The molecule has 1 aromatic carbocycles. The van der Waals surface area contributed by atoms with Gasteiger partial charge in [0.25, 0.3) is 0 Å². The number of hydrogen-bond acceptors (Lipinski definition) is 4. The Labute approximate surface area is 101 Å². The standard InChI is InChI=1S/C12H9N3O3/c1-15-5-8(6-16)9-4-7(2-3-10(9)15)11-13-12(17)18-14-11/h2-6H,1H3,(H,13,14,17). The lowest BCUT2D eigenvalue weighted by molar-refractivity contribution is 0.112. The minimum Gasteiger partial charge on any atom is -0.350 e. The number of carbonyl (C=O) groups is 1. The van der Waals surface area contributed by atoms with E-state index in [1.807, 2.05) is 23.7 Å². The first-order valence-corrected chi connectivity index (χ1v) is 5.29. The Hall–Kier alpha value is -2.63. The average molecular weight is 243 g/mol.